The molecule has 0 aliphatic heterocycles. The van der Waals surface area contributed by atoms with Crippen molar-refractivity contribution in [2.45, 2.75) is 18.9 Å². The molecule has 6 nitrogen and oxygen atoms in total. The normalized spacial score (nSPS) is 15.6. The van der Waals surface area contributed by atoms with E-state index in [2.05, 4.69) is 41.5 Å². The van der Waals surface area contributed by atoms with Gasteiger partial charge in [-0.15, -0.1) is 14.8 Å². The summed E-state index contributed by atoms with van der Waals surface area (Å²) in [6.07, 6.45) is 2.50. The minimum absolute atomic E-state index is 0.638. The van der Waals surface area contributed by atoms with Gasteiger partial charge < -0.3 is 4.90 Å². The fourth-order valence-electron chi connectivity index (χ4n) is 1.75. The van der Waals surface area contributed by atoms with Gasteiger partial charge in [0.25, 0.3) is 0 Å². The van der Waals surface area contributed by atoms with E-state index in [9.17, 15) is 0 Å². The largest absolute Gasteiger partial charge is 0.351 e. The smallest absolute Gasteiger partial charge is 0.200 e. The average molecular weight is 283 g/mol. The van der Waals surface area contributed by atoms with E-state index in [1.807, 2.05) is 12.1 Å². The molecule has 0 spiro atoms. The van der Waals surface area contributed by atoms with Crippen molar-refractivity contribution in [1.82, 2.24) is 25.3 Å². The lowest BCUT2D eigenvalue weighted by Crippen LogP contribution is -2.29. The third kappa shape index (κ3) is 1.75. The van der Waals surface area contributed by atoms with E-state index in [-0.39, 0.29) is 0 Å². The molecule has 2 heterocycles. The highest BCUT2D eigenvalue weighted by molar-refractivity contribution is 9.09. The molecule has 0 aromatic carbocycles. The van der Waals surface area contributed by atoms with E-state index in [0.29, 0.717) is 11.7 Å². The SMILES string of the molecule is BrCCN(c1ccc2nnnn2n1)C1CC1. The van der Waals surface area contributed by atoms with Gasteiger partial charge in [0.2, 0.25) is 0 Å². The third-order valence-electron chi connectivity index (χ3n) is 2.66. The quantitative estimate of drug-likeness (QED) is 0.780. The predicted octanol–water partition coefficient (Wildman–Crippen LogP) is 0.883. The second-order valence-electron chi connectivity index (χ2n) is 3.83. The molecule has 7 heteroatoms. The lowest BCUT2D eigenvalue weighted by atomic mass is 10.4. The van der Waals surface area contributed by atoms with Crippen molar-refractivity contribution in [3.63, 3.8) is 0 Å². The van der Waals surface area contributed by atoms with Gasteiger partial charge in [-0.25, -0.2) is 0 Å². The van der Waals surface area contributed by atoms with E-state index in [1.165, 1.54) is 17.5 Å². The van der Waals surface area contributed by atoms with Gasteiger partial charge in [0, 0.05) is 17.9 Å². The van der Waals surface area contributed by atoms with Gasteiger partial charge in [0.1, 0.15) is 0 Å². The Morgan fingerprint density at radius 2 is 2.31 bits per heavy atom. The highest BCUT2D eigenvalue weighted by Crippen LogP contribution is 2.30. The van der Waals surface area contributed by atoms with Crippen molar-refractivity contribution in [3.8, 4) is 0 Å². The Hall–Kier alpha value is -1.24. The Kier molecular flexibility index (Phi) is 2.47. The first-order chi connectivity index (χ1) is 7.88. The molecule has 0 amide bonds. The van der Waals surface area contributed by atoms with Crippen LogP contribution in [0.3, 0.4) is 0 Å². The van der Waals surface area contributed by atoms with E-state index in [0.717, 1.165) is 17.7 Å². The Bertz CT molecular complexity index is 493. The molecule has 1 aliphatic carbocycles. The number of fused-ring (bicyclic) bond motifs is 1. The van der Waals surface area contributed by atoms with Crippen molar-refractivity contribution in [2.75, 3.05) is 16.8 Å². The molecule has 2 aromatic heterocycles. The van der Waals surface area contributed by atoms with E-state index in [4.69, 9.17) is 0 Å². The van der Waals surface area contributed by atoms with Crippen molar-refractivity contribution in [2.24, 2.45) is 0 Å². The molecule has 84 valence electrons. The minimum Gasteiger partial charge on any atom is -0.351 e. The molecule has 0 saturated heterocycles. The van der Waals surface area contributed by atoms with Crippen LogP contribution in [0.25, 0.3) is 5.65 Å². The predicted molar refractivity (Wildman–Crippen MR) is 62.7 cm³/mol. The van der Waals surface area contributed by atoms with Crippen LogP contribution < -0.4 is 4.90 Å². The monoisotopic (exact) mass is 282 g/mol. The highest BCUT2D eigenvalue weighted by atomic mass is 79.9. The zero-order valence-corrected chi connectivity index (χ0v) is 10.2. The Morgan fingerprint density at radius 1 is 1.44 bits per heavy atom. The second kappa shape index (κ2) is 3.97. The fourth-order valence-corrected chi connectivity index (χ4v) is 2.14. The third-order valence-corrected chi connectivity index (χ3v) is 3.02. The first kappa shape index (κ1) is 9.95. The van der Waals surface area contributed by atoms with Crippen LogP contribution in [0.1, 0.15) is 12.8 Å². The number of tetrazole rings is 1. The van der Waals surface area contributed by atoms with Crippen LogP contribution in [0.15, 0.2) is 12.1 Å². The number of hydrogen-bond acceptors (Lipinski definition) is 5. The number of nitrogens with zero attached hydrogens (tertiary/aromatic N) is 6. The zero-order chi connectivity index (χ0) is 11.0. The molecular formula is C9H11BrN6. The summed E-state index contributed by atoms with van der Waals surface area (Å²) in [6, 6.07) is 4.51. The van der Waals surface area contributed by atoms with Crippen molar-refractivity contribution < 1.29 is 0 Å². The molecule has 1 fully saturated rings. The Balaban J connectivity index is 1.95. The Morgan fingerprint density at radius 3 is 3.06 bits per heavy atom. The van der Waals surface area contributed by atoms with Crippen molar-refractivity contribution >= 4 is 27.4 Å². The summed E-state index contributed by atoms with van der Waals surface area (Å²) in [5, 5.41) is 16.6. The van der Waals surface area contributed by atoms with Crippen LogP contribution in [-0.2, 0) is 0 Å². The minimum atomic E-state index is 0.638. The standard InChI is InChI=1S/C9H11BrN6/c10-5-6-15(7-1-2-7)9-4-3-8-11-13-14-16(8)12-9/h3-4,7H,1-2,5-6H2. The highest BCUT2D eigenvalue weighted by Gasteiger charge is 2.29. The molecule has 0 N–H and O–H groups in total. The van der Waals surface area contributed by atoms with E-state index < -0.39 is 0 Å². The van der Waals surface area contributed by atoms with Crippen molar-refractivity contribution in [3.05, 3.63) is 12.1 Å². The van der Waals surface area contributed by atoms with Gasteiger partial charge >= 0.3 is 0 Å². The van der Waals surface area contributed by atoms with E-state index >= 15 is 0 Å². The first-order valence-electron chi connectivity index (χ1n) is 5.26. The van der Waals surface area contributed by atoms with Crippen LogP contribution in [-0.4, -0.2) is 43.2 Å². The van der Waals surface area contributed by atoms with Gasteiger partial charge in [0.05, 0.1) is 0 Å². The van der Waals surface area contributed by atoms with Crippen LogP contribution >= 0.6 is 15.9 Å². The van der Waals surface area contributed by atoms with Crippen LogP contribution in [0.5, 0.6) is 0 Å². The molecule has 1 aliphatic rings. The topological polar surface area (TPSA) is 59.2 Å². The number of anilines is 1. The second-order valence-corrected chi connectivity index (χ2v) is 4.62. The average Bonchev–Trinajstić information content (AvgIpc) is 3.03. The summed E-state index contributed by atoms with van der Waals surface area (Å²) in [5.41, 5.74) is 0.679. The van der Waals surface area contributed by atoms with Crippen LogP contribution in [0.2, 0.25) is 0 Å². The number of alkyl halides is 1. The Labute approximate surface area is 101 Å². The van der Waals surface area contributed by atoms with Gasteiger partial charge in [-0.05, 0) is 35.4 Å². The number of aromatic nitrogens is 5. The fraction of sp³-hybridized carbons (Fsp3) is 0.556. The molecular weight excluding hydrogens is 272 g/mol. The molecule has 0 atom stereocenters. The molecule has 0 unspecified atom stereocenters. The maximum absolute atomic E-state index is 4.40. The number of hydrogen-bond donors (Lipinski definition) is 0. The summed E-state index contributed by atoms with van der Waals surface area (Å²) in [5.74, 6) is 0.946. The number of rotatable bonds is 4. The summed E-state index contributed by atoms with van der Waals surface area (Å²) in [4.78, 5) is 2.30. The van der Waals surface area contributed by atoms with Gasteiger partial charge in [-0.1, -0.05) is 15.9 Å². The maximum Gasteiger partial charge on any atom is 0.200 e. The summed E-state index contributed by atoms with van der Waals surface area (Å²) in [6.45, 7) is 0.964. The van der Waals surface area contributed by atoms with E-state index in [1.54, 1.807) is 0 Å². The summed E-state index contributed by atoms with van der Waals surface area (Å²) in [7, 11) is 0. The maximum atomic E-state index is 4.40. The van der Waals surface area contributed by atoms with Gasteiger partial charge in [-0.3, -0.25) is 0 Å². The zero-order valence-electron chi connectivity index (χ0n) is 8.62. The molecule has 1 saturated carbocycles. The molecule has 0 radical (unpaired) electrons. The molecule has 3 rings (SSSR count). The van der Waals surface area contributed by atoms with Gasteiger partial charge in [-0.2, -0.15) is 0 Å². The summed E-state index contributed by atoms with van der Waals surface area (Å²) < 4.78 is 1.47. The van der Waals surface area contributed by atoms with Gasteiger partial charge in [0.15, 0.2) is 11.5 Å². The molecule has 0 bridgehead atoms. The first-order valence-corrected chi connectivity index (χ1v) is 6.38. The van der Waals surface area contributed by atoms with Crippen LogP contribution in [0.4, 0.5) is 5.82 Å². The lowest BCUT2D eigenvalue weighted by Gasteiger charge is -2.21. The molecule has 16 heavy (non-hydrogen) atoms. The van der Waals surface area contributed by atoms with Crippen LogP contribution in [0, 0.1) is 0 Å². The lowest BCUT2D eigenvalue weighted by molar-refractivity contribution is 0.709. The molecule has 2 aromatic rings. The summed E-state index contributed by atoms with van der Waals surface area (Å²) >= 11 is 3.47. The van der Waals surface area contributed by atoms with Crippen molar-refractivity contribution in [1.29, 1.82) is 0 Å². The number of halogens is 1.